The van der Waals surface area contributed by atoms with E-state index in [9.17, 15) is 0 Å². The van der Waals surface area contributed by atoms with Crippen LogP contribution in [0.15, 0.2) is 48.7 Å². The lowest BCUT2D eigenvalue weighted by Crippen LogP contribution is -2.04. The lowest BCUT2D eigenvalue weighted by atomic mass is 10.0. The van der Waals surface area contributed by atoms with Crippen molar-refractivity contribution in [2.45, 2.75) is 19.8 Å². The molecule has 0 aliphatic carbocycles. The highest BCUT2D eigenvalue weighted by molar-refractivity contribution is 6.39. The quantitative estimate of drug-likeness (QED) is 0.592. The molecule has 0 amide bonds. The zero-order valence-corrected chi connectivity index (χ0v) is 15.3. The van der Waals surface area contributed by atoms with Crippen molar-refractivity contribution in [2.75, 3.05) is 10.6 Å². The monoisotopic (exact) mass is 373 g/mol. The van der Waals surface area contributed by atoms with Crippen molar-refractivity contribution in [3.63, 3.8) is 0 Å². The van der Waals surface area contributed by atoms with Gasteiger partial charge in [0.1, 0.15) is 0 Å². The fraction of sp³-hybridized carbons (Fsp3) is 0.167. The summed E-state index contributed by atoms with van der Waals surface area (Å²) in [4.78, 5) is 4.43. The van der Waals surface area contributed by atoms with Crippen molar-refractivity contribution in [2.24, 2.45) is 0 Å². The van der Waals surface area contributed by atoms with Gasteiger partial charge in [-0.15, -0.1) is 5.10 Å². The van der Waals surface area contributed by atoms with Crippen molar-refractivity contribution < 1.29 is 0 Å². The molecule has 25 heavy (non-hydrogen) atoms. The molecule has 2 N–H and O–H groups in total. The van der Waals surface area contributed by atoms with Crippen molar-refractivity contribution >= 4 is 46.3 Å². The molecule has 0 saturated heterocycles. The van der Waals surface area contributed by atoms with E-state index in [0.29, 0.717) is 33.4 Å². The first kappa shape index (κ1) is 17.5. The number of para-hydroxylation sites is 2. The Balaban J connectivity index is 1.85. The van der Waals surface area contributed by atoms with Crippen LogP contribution in [0.25, 0.3) is 0 Å². The summed E-state index contributed by atoms with van der Waals surface area (Å²) in [5.41, 5.74) is 2.73. The summed E-state index contributed by atoms with van der Waals surface area (Å²) < 4.78 is 0. The molecule has 0 radical (unpaired) electrons. The molecule has 0 fully saturated rings. The first-order valence-electron chi connectivity index (χ1n) is 7.81. The maximum Gasteiger partial charge on any atom is 0.249 e. The zero-order valence-electron chi connectivity index (χ0n) is 13.8. The number of aromatic nitrogens is 3. The van der Waals surface area contributed by atoms with E-state index < -0.39 is 0 Å². The smallest absolute Gasteiger partial charge is 0.249 e. The maximum atomic E-state index is 6.17. The fourth-order valence-corrected chi connectivity index (χ4v) is 2.89. The van der Waals surface area contributed by atoms with Crippen molar-refractivity contribution in [1.29, 1.82) is 0 Å². The van der Waals surface area contributed by atoms with Gasteiger partial charge in [-0.2, -0.15) is 10.1 Å². The average molecular weight is 374 g/mol. The van der Waals surface area contributed by atoms with Crippen LogP contribution in [-0.4, -0.2) is 15.2 Å². The Morgan fingerprint density at radius 3 is 2.36 bits per heavy atom. The zero-order chi connectivity index (χ0) is 17.8. The van der Waals surface area contributed by atoms with Gasteiger partial charge in [0.2, 0.25) is 5.95 Å². The van der Waals surface area contributed by atoms with Crippen LogP contribution in [0.4, 0.5) is 23.1 Å². The predicted octanol–water partition coefficient (Wildman–Crippen LogP) is 5.79. The molecule has 0 spiro atoms. The Morgan fingerprint density at radius 1 is 0.920 bits per heavy atom. The van der Waals surface area contributed by atoms with E-state index in [1.54, 1.807) is 24.4 Å². The van der Waals surface area contributed by atoms with Gasteiger partial charge < -0.3 is 10.6 Å². The van der Waals surface area contributed by atoms with Crippen LogP contribution in [0, 0.1) is 0 Å². The molecule has 2 aromatic carbocycles. The van der Waals surface area contributed by atoms with Gasteiger partial charge in [-0.25, -0.2) is 0 Å². The number of nitrogens with zero attached hydrogens (tertiary/aromatic N) is 3. The van der Waals surface area contributed by atoms with Gasteiger partial charge in [0, 0.05) is 5.69 Å². The van der Waals surface area contributed by atoms with Gasteiger partial charge in [-0.3, -0.25) is 0 Å². The third-order valence-electron chi connectivity index (χ3n) is 3.60. The number of benzene rings is 2. The minimum absolute atomic E-state index is 0.307. The van der Waals surface area contributed by atoms with E-state index in [2.05, 4.69) is 45.7 Å². The SMILES string of the molecule is CC(C)c1ccccc1Nc1cnnc(Nc2c(Cl)cccc2Cl)n1. The highest BCUT2D eigenvalue weighted by Gasteiger charge is 2.10. The Morgan fingerprint density at radius 2 is 1.64 bits per heavy atom. The molecule has 0 aliphatic heterocycles. The molecular formula is C18H17Cl2N5. The lowest BCUT2D eigenvalue weighted by Gasteiger charge is -2.14. The summed E-state index contributed by atoms with van der Waals surface area (Å²) in [6.07, 6.45) is 1.57. The summed E-state index contributed by atoms with van der Waals surface area (Å²) >= 11 is 12.3. The van der Waals surface area contributed by atoms with Crippen LogP contribution in [0.3, 0.4) is 0 Å². The van der Waals surface area contributed by atoms with Crippen LogP contribution in [-0.2, 0) is 0 Å². The molecule has 0 saturated carbocycles. The average Bonchev–Trinajstić information content (AvgIpc) is 2.59. The molecule has 0 unspecified atom stereocenters. The van der Waals surface area contributed by atoms with E-state index in [-0.39, 0.29) is 0 Å². The number of halogens is 2. The van der Waals surface area contributed by atoms with Gasteiger partial charge in [0.15, 0.2) is 5.82 Å². The number of anilines is 4. The fourth-order valence-electron chi connectivity index (χ4n) is 2.40. The first-order chi connectivity index (χ1) is 12.0. The number of hydrogen-bond donors (Lipinski definition) is 2. The minimum Gasteiger partial charge on any atom is -0.339 e. The molecule has 1 aromatic heterocycles. The highest BCUT2D eigenvalue weighted by Crippen LogP contribution is 2.32. The van der Waals surface area contributed by atoms with Crippen molar-refractivity contribution in [3.05, 3.63) is 64.3 Å². The van der Waals surface area contributed by atoms with Gasteiger partial charge in [0.25, 0.3) is 0 Å². The van der Waals surface area contributed by atoms with Gasteiger partial charge >= 0.3 is 0 Å². The standard InChI is InChI=1S/C18H17Cl2N5/c1-11(2)12-6-3-4-9-15(12)22-16-10-21-25-18(23-16)24-17-13(19)7-5-8-14(17)20/h3-11H,1-2H3,(H2,22,23,24,25). The minimum atomic E-state index is 0.307. The van der Waals surface area contributed by atoms with Crippen LogP contribution in [0.2, 0.25) is 10.0 Å². The summed E-state index contributed by atoms with van der Waals surface area (Å²) in [5.74, 6) is 1.27. The number of rotatable bonds is 5. The molecule has 128 valence electrons. The van der Waals surface area contributed by atoms with Gasteiger partial charge in [-0.05, 0) is 29.7 Å². The van der Waals surface area contributed by atoms with Crippen LogP contribution in [0.1, 0.15) is 25.3 Å². The van der Waals surface area contributed by atoms with E-state index in [1.165, 1.54) is 5.56 Å². The van der Waals surface area contributed by atoms with Crippen LogP contribution in [0.5, 0.6) is 0 Å². The van der Waals surface area contributed by atoms with E-state index in [4.69, 9.17) is 23.2 Å². The van der Waals surface area contributed by atoms with E-state index >= 15 is 0 Å². The summed E-state index contributed by atoms with van der Waals surface area (Å²) in [7, 11) is 0. The second-order valence-corrected chi connectivity index (χ2v) is 6.57. The van der Waals surface area contributed by atoms with Crippen LogP contribution < -0.4 is 10.6 Å². The molecule has 3 aromatic rings. The molecule has 3 rings (SSSR count). The largest absolute Gasteiger partial charge is 0.339 e. The lowest BCUT2D eigenvalue weighted by molar-refractivity contribution is 0.868. The summed E-state index contributed by atoms with van der Waals surface area (Å²) in [6.45, 7) is 4.29. The maximum absolute atomic E-state index is 6.17. The normalized spacial score (nSPS) is 10.8. The second-order valence-electron chi connectivity index (χ2n) is 5.75. The van der Waals surface area contributed by atoms with Crippen molar-refractivity contribution in [3.8, 4) is 0 Å². The van der Waals surface area contributed by atoms with E-state index in [1.807, 2.05) is 18.2 Å². The van der Waals surface area contributed by atoms with Crippen molar-refractivity contribution in [1.82, 2.24) is 15.2 Å². The molecule has 7 heteroatoms. The number of hydrogen-bond acceptors (Lipinski definition) is 5. The molecular weight excluding hydrogens is 357 g/mol. The molecule has 0 atom stereocenters. The first-order valence-corrected chi connectivity index (χ1v) is 8.57. The van der Waals surface area contributed by atoms with Gasteiger partial charge in [-0.1, -0.05) is 61.3 Å². The van der Waals surface area contributed by atoms with Crippen LogP contribution >= 0.6 is 23.2 Å². The predicted molar refractivity (Wildman–Crippen MR) is 103 cm³/mol. The molecule has 0 aliphatic rings. The molecule has 5 nitrogen and oxygen atoms in total. The number of nitrogens with one attached hydrogen (secondary N) is 2. The van der Waals surface area contributed by atoms with E-state index in [0.717, 1.165) is 5.69 Å². The Bertz CT molecular complexity index is 863. The molecule has 0 bridgehead atoms. The third kappa shape index (κ3) is 4.18. The Kier molecular flexibility index (Phi) is 5.36. The third-order valence-corrected chi connectivity index (χ3v) is 4.23. The topological polar surface area (TPSA) is 62.7 Å². The Labute approximate surface area is 156 Å². The molecule has 1 heterocycles. The van der Waals surface area contributed by atoms with Gasteiger partial charge in [0.05, 0.1) is 21.9 Å². The summed E-state index contributed by atoms with van der Waals surface area (Å²) in [6, 6.07) is 13.3. The highest BCUT2D eigenvalue weighted by atomic mass is 35.5. The second kappa shape index (κ2) is 7.68. The Hall–Kier alpha value is -2.37. The summed E-state index contributed by atoms with van der Waals surface area (Å²) in [5, 5.41) is 15.3.